The lowest BCUT2D eigenvalue weighted by Gasteiger charge is -2.13. The van der Waals surface area contributed by atoms with Crippen molar-refractivity contribution in [2.45, 2.75) is 13.0 Å². The second-order valence-electron chi connectivity index (χ2n) is 4.05. The van der Waals surface area contributed by atoms with E-state index >= 15 is 0 Å². The van der Waals surface area contributed by atoms with Gasteiger partial charge in [-0.05, 0) is 30.2 Å². The van der Waals surface area contributed by atoms with E-state index in [9.17, 15) is 13.9 Å². The fourth-order valence-corrected chi connectivity index (χ4v) is 2.00. The first-order chi connectivity index (χ1) is 8.50. The van der Waals surface area contributed by atoms with Gasteiger partial charge in [-0.3, -0.25) is 0 Å². The zero-order valence-electron chi connectivity index (χ0n) is 9.62. The van der Waals surface area contributed by atoms with Crippen LogP contribution in [0.15, 0.2) is 40.9 Å². The van der Waals surface area contributed by atoms with Crippen molar-refractivity contribution in [1.82, 2.24) is 0 Å². The Morgan fingerprint density at radius 2 is 1.89 bits per heavy atom. The Balaban J connectivity index is 2.44. The van der Waals surface area contributed by atoms with Gasteiger partial charge in [0.15, 0.2) is 11.6 Å². The molecule has 0 aliphatic carbocycles. The first-order valence-electron chi connectivity index (χ1n) is 5.38. The first kappa shape index (κ1) is 13.2. The molecule has 0 heterocycles. The minimum atomic E-state index is -1.17. The second kappa shape index (κ2) is 5.16. The predicted octanol–water partition coefficient (Wildman–Crippen LogP) is 4.12. The third-order valence-electron chi connectivity index (χ3n) is 2.77. The van der Waals surface area contributed by atoms with Crippen LogP contribution in [-0.4, -0.2) is 5.11 Å². The molecule has 0 fully saturated rings. The van der Waals surface area contributed by atoms with Crippen LogP contribution in [0.5, 0.6) is 0 Å². The number of aliphatic hydroxyl groups excluding tert-OH is 1. The van der Waals surface area contributed by atoms with Crippen LogP contribution in [0.4, 0.5) is 8.78 Å². The van der Waals surface area contributed by atoms with Crippen LogP contribution in [0.25, 0.3) is 0 Å². The highest BCUT2D eigenvalue weighted by atomic mass is 79.9. The van der Waals surface area contributed by atoms with Gasteiger partial charge in [-0.15, -0.1) is 0 Å². The molecule has 0 aliphatic rings. The van der Waals surface area contributed by atoms with Crippen LogP contribution in [-0.2, 0) is 0 Å². The number of halogens is 3. The summed E-state index contributed by atoms with van der Waals surface area (Å²) in [4.78, 5) is 0. The van der Waals surface area contributed by atoms with E-state index in [4.69, 9.17) is 0 Å². The molecule has 18 heavy (non-hydrogen) atoms. The molecule has 2 aromatic rings. The lowest BCUT2D eigenvalue weighted by atomic mass is 9.99. The maximum absolute atomic E-state index is 13.6. The Bertz CT molecular complexity index is 584. The summed E-state index contributed by atoms with van der Waals surface area (Å²) in [6, 6.07) is 8.96. The summed E-state index contributed by atoms with van der Waals surface area (Å²) in [6.45, 7) is 1.86. The zero-order chi connectivity index (χ0) is 13.3. The Morgan fingerprint density at radius 3 is 2.56 bits per heavy atom. The number of hydrogen-bond acceptors (Lipinski definition) is 1. The van der Waals surface area contributed by atoms with Crippen LogP contribution in [0.3, 0.4) is 0 Å². The zero-order valence-corrected chi connectivity index (χ0v) is 11.2. The molecule has 2 aromatic carbocycles. The van der Waals surface area contributed by atoms with Crippen molar-refractivity contribution < 1.29 is 13.9 Å². The molecule has 0 aliphatic heterocycles. The minimum Gasteiger partial charge on any atom is -0.384 e. The fraction of sp³-hybridized carbons (Fsp3) is 0.143. The molecule has 0 bridgehead atoms. The number of hydrogen-bond donors (Lipinski definition) is 1. The molecule has 1 atom stereocenters. The summed E-state index contributed by atoms with van der Waals surface area (Å²) >= 11 is 3.35. The molecule has 0 radical (unpaired) electrons. The van der Waals surface area contributed by atoms with Gasteiger partial charge in [0.25, 0.3) is 0 Å². The van der Waals surface area contributed by atoms with E-state index in [0.29, 0.717) is 5.56 Å². The van der Waals surface area contributed by atoms with Gasteiger partial charge in [0, 0.05) is 10.0 Å². The maximum Gasteiger partial charge on any atom is 0.164 e. The number of benzene rings is 2. The number of aryl methyl sites for hydroxylation is 1. The van der Waals surface area contributed by atoms with Gasteiger partial charge >= 0.3 is 0 Å². The Kier molecular flexibility index (Phi) is 3.78. The van der Waals surface area contributed by atoms with Crippen molar-refractivity contribution >= 4 is 15.9 Å². The van der Waals surface area contributed by atoms with Gasteiger partial charge in [-0.25, -0.2) is 8.78 Å². The average molecular weight is 313 g/mol. The summed E-state index contributed by atoms with van der Waals surface area (Å²) in [6.07, 6.45) is -1.17. The molecule has 1 unspecified atom stereocenters. The molecule has 4 heteroatoms. The van der Waals surface area contributed by atoms with E-state index in [1.807, 2.05) is 6.92 Å². The van der Waals surface area contributed by atoms with E-state index in [2.05, 4.69) is 15.9 Å². The van der Waals surface area contributed by atoms with Gasteiger partial charge in [0.2, 0.25) is 0 Å². The normalized spacial score (nSPS) is 12.5. The molecular formula is C14H11BrF2O. The largest absolute Gasteiger partial charge is 0.384 e. The highest BCUT2D eigenvalue weighted by Crippen LogP contribution is 2.28. The van der Waals surface area contributed by atoms with Gasteiger partial charge in [0.05, 0.1) is 0 Å². The van der Waals surface area contributed by atoms with Crippen LogP contribution in [0.2, 0.25) is 0 Å². The third-order valence-corrected chi connectivity index (χ3v) is 3.66. The molecule has 0 saturated heterocycles. The highest BCUT2D eigenvalue weighted by molar-refractivity contribution is 9.10. The molecule has 0 saturated carbocycles. The Hall–Kier alpha value is -1.26. The smallest absolute Gasteiger partial charge is 0.164 e. The number of aliphatic hydroxyl groups is 1. The van der Waals surface area contributed by atoms with Gasteiger partial charge < -0.3 is 5.11 Å². The third kappa shape index (κ3) is 2.44. The molecule has 0 spiro atoms. The quantitative estimate of drug-likeness (QED) is 0.884. The van der Waals surface area contributed by atoms with Crippen LogP contribution in [0.1, 0.15) is 22.8 Å². The summed E-state index contributed by atoms with van der Waals surface area (Å²) < 4.78 is 27.6. The van der Waals surface area contributed by atoms with E-state index < -0.39 is 17.7 Å². The SMILES string of the molecule is Cc1cc(C(O)c2cccc(F)c2F)ccc1Br. The molecule has 2 rings (SSSR count). The molecule has 0 amide bonds. The van der Waals surface area contributed by atoms with Crippen molar-refractivity contribution in [3.63, 3.8) is 0 Å². The maximum atomic E-state index is 13.6. The van der Waals surface area contributed by atoms with Crippen molar-refractivity contribution in [2.75, 3.05) is 0 Å². The highest BCUT2D eigenvalue weighted by Gasteiger charge is 2.17. The van der Waals surface area contributed by atoms with Crippen molar-refractivity contribution in [3.05, 3.63) is 69.2 Å². The first-order valence-corrected chi connectivity index (χ1v) is 6.18. The second-order valence-corrected chi connectivity index (χ2v) is 4.91. The minimum absolute atomic E-state index is 0.0586. The molecule has 1 nitrogen and oxygen atoms in total. The van der Waals surface area contributed by atoms with E-state index in [1.54, 1.807) is 18.2 Å². The van der Waals surface area contributed by atoms with Crippen molar-refractivity contribution in [1.29, 1.82) is 0 Å². The summed E-state index contributed by atoms with van der Waals surface area (Å²) in [5, 5.41) is 10.1. The van der Waals surface area contributed by atoms with Gasteiger partial charge in [0.1, 0.15) is 6.10 Å². The van der Waals surface area contributed by atoms with Gasteiger partial charge in [-0.2, -0.15) is 0 Å². The predicted molar refractivity (Wildman–Crippen MR) is 69.3 cm³/mol. The molecular weight excluding hydrogens is 302 g/mol. The average Bonchev–Trinajstić information content (AvgIpc) is 2.35. The van der Waals surface area contributed by atoms with E-state index in [-0.39, 0.29) is 5.56 Å². The standard InChI is InChI=1S/C14H11BrF2O/c1-8-7-9(5-6-11(8)15)14(18)10-3-2-4-12(16)13(10)17/h2-7,14,18H,1H3. The van der Waals surface area contributed by atoms with Crippen LogP contribution >= 0.6 is 15.9 Å². The number of rotatable bonds is 2. The van der Waals surface area contributed by atoms with E-state index in [0.717, 1.165) is 16.1 Å². The van der Waals surface area contributed by atoms with E-state index in [1.165, 1.54) is 12.1 Å². The molecule has 94 valence electrons. The topological polar surface area (TPSA) is 20.2 Å². The Morgan fingerprint density at radius 1 is 1.17 bits per heavy atom. The lowest BCUT2D eigenvalue weighted by molar-refractivity contribution is 0.213. The molecule has 1 N–H and O–H groups in total. The van der Waals surface area contributed by atoms with Gasteiger partial charge in [-0.1, -0.05) is 40.2 Å². The molecule has 0 aromatic heterocycles. The summed E-state index contributed by atoms with van der Waals surface area (Å²) in [5.41, 5.74) is 1.39. The summed E-state index contributed by atoms with van der Waals surface area (Å²) in [7, 11) is 0. The van der Waals surface area contributed by atoms with Crippen molar-refractivity contribution in [2.24, 2.45) is 0 Å². The van der Waals surface area contributed by atoms with Crippen LogP contribution < -0.4 is 0 Å². The fourth-order valence-electron chi connectivity index (χ4n) is 1.75. The lowest BCUT2D eigenvalue weighted by Crippen LogP contribution is -2.04. The summed E-state index contributed by atoms with van der Waals surface area (Å²) in [5.74, 6) is -1.97. The monoisotopic (exact) mass is 312 g/mol. The van der Waals surface area contributed by atoms with Crippen LogP contribution in [0, 0.1) is 18.6 Å². The van der Waals surface area contributed by atoms with Crippen molar-refractivity contribution in [3.8, 4) is 0 Å². The Labute approximate surface area is 112 Å².